The molecular formula is C16H25N3O4S. The number of amides is 1. The fourth-order valence-electron chi connectivity index (χ4n) is 2.86. The SMILES string of the molecule is CNS(=O)(=O)c1cc(C(=O)N2CCC(N)C(C)(C)C2)ccc1OC. The van der Waals surface area contributed by atoms with Gasteiger partial charge in [-0.1, -0.05) is 13.8 Å². The number of piperidine rings is 1. The Balaban J connectivity index is 2.36. The lowest BCUT2D eigenvalue weighted by molar-refractivity contribution is 0.0532. The topological polar surface area (TPSA) is 102 Å². The van der Waals surface area contributed by atoms with E-state index < -0.39 is 10.0 Å². The molecular weight excluding hydrogens is 330 g/mol. The van der Waals surface area contributed by atoms with Crippen molar-refractivity contribution in [3.63, 3.8) is 0 Å². The number of benzene rings is 1. The molecule has 8 heteroatoms. The molecule has 1 amide bonds. The molecule has 134 valence electrons. The molecule has 0 aromatic heterocycles. The molecule has 1 aliphatic heterocycles. The van der Waals surface area contributed by atoms with Gasteiger partial charge in [-0.3, -0.25) is 4.79 Å². The van der Waals surface area contributed by atoms with Crippen molar-refractivity contribution in [1.29, 1.82) is 0 Å². The highest BCUT2D eigenvalue weighted by atomic mass is 32.2. The number of sulfonamides is 1. The molecule has 0 spiro atoms. The Morgan fingerprint density at radius 2 is 2.08 bits per heavy atom. The van der Waals surface area contributed by atoms with Gasteiger partial charge in [-0.05, 0) is 37.1 Å². The van der Waals surface area contributed by atoms with E-state index in [0.717, 1.165) is 6.42 Å². The molecule has 1 aliphatic rings. The van der Waals surface area contributed by atoms with Crippen molar-refractivity contribution >= 4 is 15.9 Å². The molecule has 0 aliphatic carbocycles. The number of nitrogens with one attached hydrogen (secondary N) is 1. The molecule has 7 nitrogen and oxygen atoms in total. The van der Waals surface area contributed by atoms with Crippen molar-refractivity contribution in [3.05, 3.63) is 23.8 Å². The van der Waals surface area contributed by atoms with Crippen molar-refractivity contribution in [2.75, 3.05) is 27.2 Å². The van der Waals surface area contributed by atoms with Crippen LogP contribution in [0, 0.1) is 5.41 Å². The van der Waals surface area contributed by atoms with Gasteiger partial charge in [-0.25, -0.2) is 13.1 Å². The summed E-state index contributed by atoms with van der Waals surface area (Å²) in [6.45, 7) is 5.15. The van der Waals surface area contributed by atoms with Crippen molar-refractivity contribution in [1.82, 2.24) is 9.62 Å². The van der Waals surface area contributed by atoms with Gasteiger partial charge in [-0.2, -0.15) is 0 Å². The zero-order chi connectivity index (χ0) is 18.1. The van der Waals surface area contributed by atoms with Crippen LogP contribution in [0.2, 0.25) is 0 Å². The number of hydrogen-bond donors (Lipinski definition) is 2. The average Bonchev–Trinajstić information content (AvgIpc) is 2.56. The minimum absolute atomic E-state index is 0.0395. The van der Waals surface area contributed by atoms with Crippen LogP contribution in [0.1, 0.15) is 30.6 Å². The van der Waals surface area contributed by atoms with E-state index in [-0.39, 0.29) is 28.0 Å². The third-order valence-electron chi connectivity index (χ3n) is 4.57. The van der Waals surface area contributed by atoms with Gasteiger partial charge in [0.15, 0.2) is 0 Å². The van der Waals surface area contributed by atoms with Gasteiger partial charge in [0.25, 0.3) is 5.91 Å². The summed E-state index contributed by atoms with van der Waals surface area (Å²) in [5, 5.41) is 0. The summed E-state index contributed by atoms with van der Waals surface area (Å²) in [7, 11) is -1.02. The fraction of sp³-hybridized carbons (Fsp3) is 0.562. The summed E-state index contributed by atoms with van der Waals surface area (Å²) in [4.78, 5) is 14.5. The van der Waals surface area contributed by atoms with E-state index in [4.69, 9.17) is 10.5 Å². The Bertz CT molecular complexity index is 731. The predicted molar refractivity (Wildman–Crippen MR) is 91.5 cm³/mol. The zero-order valence-corrected chi connectivity index (χ0v) is 15.3. The molecule has 1 fully saturated rings. The number of ether oxygens (including phenoxy) is 1. The van der Waals surface area contributed by atoms with Crippen molar-refractivity contribution in [2.24, 2.45) is 11.1 Å². The summed E-state index contributed by atoms with van der Waals surface area (Å²) in [5.41, 5.74) is 6.24. The maximum atomic E-state index is 12.8. The van der Waals surface area contributed by atoms with E-state index in [1.54, 1.807) is 11.0 Å². The standard InChI is InChI=1S/C16H25N3O4S/c1-16(2)10-19(8-7-14(16)17)15(20)11-5-6-12(23-4)13(9-11)24(21,22)18-3/h5-6,9,14,18H,7-8,10,17H2,1-4H3. The van der Waals surface area contributed by atoms with E-state index in [2.05, 4.69) is 4.72 Å². The van der Waals surface area contributed by atoms with E-state index in [1.807, 2.05) is 13.8 Å². The lowest BCUT2D eigenvalue weighted by Gasteiger charge is -2.42. The summed E-state index contributed by atoms with van der Waals surface area (Å²) in [5.74, 6) is -0.00734. The second-order valence-electron chi connectivity index (χ2n) is 6.68. The Morgan fingerprint density at radius 1 is 1.42 bits per heavy atom. The second-order valence-corrected chi connectivity index (χ2v) is 8.54. The van der Waals surface area contributed by atoms with Crippen LogP contribution in [0.25, 0.3) is 0 Å². The number of methoxy groups -OCH3 is 1. The Kier molecular flexibility index (Phi) is 5.22. The number of likely N-dealkylation sites (tertiary alicyclic amines) is 1. The first kappa shape index (κ1) is 18.7. The third-order valence-corrected chi connectivity index (χ3v) is 6.00. The molecule has 1 aromatic rings. The lowest BCUT2D eigenvalue weighted by atomic mass is 9.79. The van der Waals surface area contributed by atoms with E-state index in [9.17, 15) is 13.2 Å². The van der Waals surface area contributed by atoms with Gasteiger partial charge in [0.1, 0.15) is 10.6 Å². The minimum Gasteiger partial charge on any atom is -0.495 e. The predicted octanol–water partition coefficient (Wildman–Crippen LogP) is 0.803. The molecule has 1 saturated heterocycles. The smallest absolute Gasteiger partial charge is 0.253 e. The van der Waals surface area contributed by atoms with Crippen LogP contribution in [-0.2, 0) is 10.0 Å². The van der Waals surface area contributed by atoms with Crippen molar-refractivity contribution in [3.8, 4) is 5.75 Å². The number of hydrogen-bond acceptors (Lipinski definition) is 5. The van der Waals surface area contributed by atoms with E-state index in [0.29, 0.717) is 18.7 Å². The molecule has 24 heavy (non-hydrogen) atoms. The lowest BCUT2D eigenvalue weighted by Crippen LogP contribution is -2.54. The first-order chi connectivity index (χ1) is 11.1. The molecule has 2 rings (SSSR count). The van der Waals surface area contributed by atoms with Crippen LogP contribution in [-0.4, -0.2) is 52.5 Å². The molecule has 3 N–H and O–H groups in total. The highest BCUT2D eigenvalue weighted by molar-refractivity contribution is 7.89. The van der Waals surface area contributed by atoms with E-state index in [1.165, 1.54) is 26.3 Å². The summed E-state index contributed by atoms with van der Waals surface area (Å²) >= 11 is 0. The van der Waals surface area contributed by atoms with Gasteiger partial charge in [0.05, 0.1) is 7.11 Å². The molecule has 0 saturated carbocycles. The van der Waals surface area contributed by atoms with Crippen molar-refractivity contribution in [2.45, 2.75) is 31.2 Å². The largest absolute Gasteiger partial charge is 0.495 e. The van der Waals surface area contributed by atoms with Crippen LogP contribution in [0.15, 0.2) is 23.1 Å². The normalized spacial score (nSPS) is 20.7. The zero-order valence-electron chi connectivity index (χ0n) is 14.5. The van der Waals surface area contributed by atoms with Gasteiger partial charge < -0.3 is 15.4 Å². The van der Waals surface area contributed by atoms with Gasteiger partial charge in [-0.15, -0.1) is 0 Å². The Hall–Kier alpha value is -1.64. The fourth-order valence-corrected chi connectivity index (χ4v) is 3.78. The highest BCUT2D eigenvalue weighted by Crippen LogP contribution is 2.30. The maximum Gasteiger partial charge on any atom is 0.253 e. The number of nitrogens with zero attached hydrogens (tertiary/aromatic N) is 1. The number of rotatable bonds is 4. The van der Waals surface area contributed by atoms with Gasteiger partial charge >= 0.3 is 0 Å². The van der Waals surface area contributed by atoms with Crippen LogP contribution in [0.5, 0.6) is 5.75 Å². The summed E-state index contributed by atoms with van der Waals surface area (Å²) in [6.07, 6.45) is 0.719. The van der Waals surface area contributed by atoms with Crippen LogP contribution < -0.4 is 15.2 Å². The first-order valence-corrected chi connectivity index (χ1v) is 9.27. The minimum atomic E-state index is -3.73. The Labute approximate surface area is 143 Å². The second kappa shape index (κ2) is 6.70. The van der Waals surface area contributed by atoms with Gasteiger partial charge in [0.2, 0.25) is 10.0 Å². The molecule has 1 unspecified atom stereocenters. The molecule has 0 radical (unpaired) electrons. The molecule has 1 atom stereocenters. The Morgan fingerprint density at radius 3 is 2.62 bits per heavy atom. The van der Waals surface area contributed by atoms with E-state index >= 15 is 0 Å². The number of carbonyl (C=O) groups is 1. The van der Waals surface area contributed by atoms with Crippen LogP contribution >= 0.6 is 0 Å². The van der Waals surface area contributed by atoms with Gasteiger partial charge in [0, 0.05) is 24.7 Å². The highest BCUT2D eigenvalue weighted by Gasteiger charge is 2.36. The summed E-state index contributed by atoms with van der Waals surface area (Å²) < 4.78 is 31.6. The van der Waals surface area contributed by atoms with Crippen LogP contribution in [0.3, 0.4) is 0 Å². The maximum absolute atomic E-state index is 12.8. The van der Waals surface area contributed by atoms with Crippen molar-refractivity contribution < 1.29 is 17.9 Å². The quantitative estimate of drug-likeness (QED) is 0.832. The monoisotopic (exact) mass is 355 g/mol. The molecule has 1 aromatic carbocycles. The summed E-state index contributed by atoms with van der Waals surface area (Å²) in [6, 6.07) is 4.47. The average molecular weight is 355 g/mol. The number of nitrogens with two attached hydrogens (primary N) is 1. The first-order valence-electron chi connectivity index (χ1n) is 7.79. The molecule has 0 bridgehead atoms. The van der Waals surface area contributed by atoms with Crippen LogP contribution in [0.4, 0.5) is 0 Å². The molecule has 1 heterocycles. The third kappa shape index (κ3) is 3.55. The number of carbonyl (C=O) groups excluding carboxylic acids is 1.